The smallest absolute Gasteiger partial charge is 0.329 e. The molecule has 0 spiro atoms. The molecule has 0 fully saturated rings. The van der Waals surface area contributed by atoms with Crippen molar-refractivity contribution in [1.29, 1.82) is 0 Å². The number of ether oxygens (including phenoxy) is 2. The summed E-state index contributed by atoms with van der Waals surface area (Å²) in [6.45, 7) is 4.07. The van der Waals surface area contributed by atoms with Crippen LogP contribution in [0.1, 0.15) is 16.7 Å². The molecule has 0 saturated heterocycles. The minimum absolute atomic E-state index is 0.197. The number of amides is 3. The van der Waals surface area contributed by atoms with E-state index in [-0.39, 0.29) is 25.7 Å². The SMILES string of the molecule is COCCNC(=O)C(=O)N/N=C\c1cc(Cl)ccc1OCC(=O)Nc1cc(C)ccc1C. The van der Waals surface area contributed by atoms with Gasteiger partial charge in [-0.25, -0.2) is 5.43 Å². The van der Waals surface area contributed by atoms with E-state index < -0.39 is 11.8 Å². The van der Waals surface area contributed by atoms with Gasteiger partial charge in [-0.15, -0.1) is 0 Å². The Kier molecular flexibility index (Phi) is 9.65. The Balaban J connectivity index is 1.96. The topological polar surface area (TPSA) is 118 Å². The highest BCUT2D eigenvalue weighted by molar-refractivity contribution is 6.35. The molecule has 0 aromatic heterocycles. The molecule has 0 bridgehead atoms. The number of hydrogen-bond donors (Lipinski definition) is 3. The summed E-state index contributed by atoms with van der Waals surface area (Å²) in [5.74, 6) is -1.79. The van der Waals surface area contributed by atoms with Gasteiger partial charge in [-0.05, 0) is 49.2 Å². The van der Waals surface area contributed by atoms with E-state index in [9.17, 15) is 14.4 Å². The van der Waals surface area contributed by atoms with E-state index in [1.54, 1.807) is 18.2 Å². The van der Waals surface area contributed by atoms with E-state index >= 15 is 0 Å². The number of rotatable bonds is 9. The normalized spacial score (nSPS) is 10.6. The number of methoxy groups -OCH3 is 1. The van der Waals surface area contributed by atoms with Crippen molar-refractivity contribution in [3.05, 3.63) is 58.1 Å². The lowest BCUT2D eigenvalue weighted by molar-refractivity contribution is -0.139. The van der Waals surface area contributed by atoms with Crippen molar-refractivity contribution in [3.8, 4) is 5.75 Å². The molecule has 2 aromatic carbocycles. The fraction of sp³-hybridized carbons (Fsp3) is 0.273. The number of carbonyl (C=O) groups is 3. The van der Waals surface area contributed by atoms with E-state index in [1.165, 1.54) is 13.3 Å². The second-order valence-electron chi connectivity index (χ2n) is 6.79. The first-order valence-electron chi connectivity index (χ1n) is 9.69. The highest BCUT2D eigenvalue weighted by atomic mass is 35.5. The van der Waals surface area contributed by atoms with Crippen LogP contribution in [0.25, 0.3) is 0 Å². The summed E-state index contributed by atoms with van der Waals surface area (Å²) in [7, 11) is 1.48. The largest absolute Gasteiger partial charge is 0.483 e. The van der Waals surface area contributed by atoms with Crippen LogP contribution in [0.3, 0.4) is 0 Å². The monoisotopic (exact) mass is 460 g/mol. The van der Waals surface area contributed by atoms with E-state index in [4.69, 9.17) is 21.1 Å². The average Bonchev–Trinajstić information content (AvgIpc) is 2.75. The summed E-state index contributed by atoms with van der Waals surface area (Å²) in [5, 5.41) is 9.34. The molecule has 0 heterocycles. The van der Waals surface area contributed by atoms with Gasteiger partial charge in [0.15, 0.2) is 6.61 Å². The molecule has 9 nitrogen and oxygen atoms in total. The minimum atomic E-state index is -0.935. The number of anilines is 1. The third kappa shape index (κ3) is 8.01. The number of nitrogens with one attached hydrogen (secondary N) is 3. The number of halogens is 1. The average molecular weight is 461 g/mol. The molecule has 170 valence electrons. The second-order valence-corrected chi connectivity index (χ2v) is 7.22. The van der Waals surface area contributed by atoms with Crippen molar-refractivity contribution in [2.45, 2.75) is 13.8 Å². The molecule has 2 aromatic rings. The Morgan fingerprint density at radius 1 is 1.09 bits per heavy atom. The molecular formula is C22H25ClN4O5. The highest BCUT2D eigenvalue weighted by Gasteiger charge is 2.12. The van der Waals surface area contributed by atoms with Crippen LogP contribution < -0.4 is 20.8 Å². The molecule has 0 aliphatic rings. The number of hydrogen-bond acceptors (Lipinski definition) is 6. The first kappa shape index (κ1) is 24.8. The summed E-state index contributed by atoms with van der Waals surface area (Å²) in [6, 6.07) is 10.5. The number of nitrogens with zero attached hydrogens (tertiary/aromatic N) is 1. The van der Waals surface area contributed by atoms with Gasteiger partial charge in [0.1, 0.15) is 5.75 Å². The Bertz CT molecular complexity index is 1010. The molecule has 0 unspecified atom stereocenters. The minimum Gasteiger partial charge on any atom is -0.483 e. The standard InChI is InChI=1S/C22H25ClN4O5/c1-14-4-5-15(2)18(10-14)26-20(28)13-32-19-7-6-17(23)11-16(19)12-25-27-22(30)21(29)24-8-9-31-3/h4-7,10-12H,8-9,13H2,1-3H3,(H,24,29)(H,26,28)(H,27,30)/b25-12-. The van der Waals surface area contributed by atoms with E-state index in [2.05, 4.69) is 21.2 Å². The van der Waals surface area contributed by atoms with Crippen molar-refractivity contribution in [1.82, 2.24) is 10.7 Å². The fourth-order valence-electron chi connectivity index (χ4n) is 2.51. The van der Waals surface area contributed by atoms with E-state index in [0.717, 1.165) is 11.1 Å². The van der Waals surface area contributed by atoms with E-state index in [1.807, 2.05) is 32.0 Å². The zero-order valence-corrected chi connectivity index (χ0v) is 18.8. The molecule has 0 atom stereocenters. The number of benzene rings is 2. The number of carbonyl (C=O) groups excluding carboxylic acids is 3. The first-order valence-corrected chi connectivity index (χ1v) is 10.1. The highest BCUT2D eigenvalue weighted by Crippen LogP contribution is 2.22. The molecular weight excluding hydrogens is 436 g/mol. The van der Waals surface area contributed by atoms with Gasteiger partial charge in [-0.1, -0.05) is 23.7 Å². The molecule has 3 N–H and O–H groups in total. The molecule has 0 radical (unpaired) electrons. The summed E-state index contributed by atoms with van der Waals surface area (Å²) < 4.78 is 10.4. The van der Waals surface area contributed by atoms with Crippen LogP contribution in [-0.2, 0) is 19.1 Å². The molecule has 32 heavy (non-hydrogen) atoms. The quantitative estimate of drug-likeness (QED) is 0.229. The van der Waals surface area contributed by atoms with Crippen LogP contribution >= 0.6 is 11.6 Å². The van der Waals surface area contributed by atoms with Gasteiger partial charge in [-0.2, -0.15) is 5.10 Å². The van der Waals surface area contributed by atoms with Gasteiger partial charge in [-0.3, -0.25) is 14.4 Å². The Hall–Kier alpha value is -3.43. The van der Waals surface area contributed by atoms with Crippen molar-refractivity contribution in [2.24, 2.45) is 5.10 Å². The van der Waals surface area contributed by atoms with Crippen molar-refractivity contribution in [3.63, 3.8) is 0 Å². The maximum absolute atomic E-state index is 12.3. The predicted molar refractivity (Wildman–Crippen MR) is 122 cm³/mol. The fourth-order valence-corrected chi connectivity index (χ4v) is 2.69. The maximum atomic E-state index is 12.3. The maximum Gasteiger partial charge on any atom is 0.329 e. The van der Waals surface area contributed by atoms with Crippen molar-refractivity contribution >= 4 is 41.2 Å². The zero-order chi connectivity index (χ0) is 23.5. The summed E-state index contributed by atoms with van der Waals surface area (Å²) in [4.78, 5) is 35.6. The molecule has 0 aliphatic heterocycles. The third-order valence-corrected chi connectivity index (χ3v) is 4.40. The third-order valence-electron chi connectivity index (χ3n) is 4.17. The summed E-state index contributed by atoms with van der Waals surface area (Å²) in [5.41, 5.74) is 5.20. The van der Waals surface area contributed by atoms with Crippen LogP contribution in [0.15, 0.2) is 41.5 Å². The zero-order valence-electron chi connectivity index (χ0n) is 18.0. The summed E-state index contributed by atoms with van der Waals surface area (Å²) >= 11 is 6.02. The van der Waals surface area contributed by atoms with Gasteiger partial charge in [0, 0.05) is 29.9 Å². The van der Waals surface area contributed by atoms with Crippen LogP contribution in [0, 0.1) is 13.8 Å². The Labute approximate surface area is 191 Å². The lowest BCUT2D eigenvalue weighted by Crippen LogP contribution is -2.39. The lowest BCUT2D eigenvalue weighted by atomic mass is 10.1. The summed E-state index contributed by atoms with van der Waals surface area (Å²) in [6.07, 6.45) is 1.27. The molecule has 0 saturated carbocycles. The van der Waals surface area contributed by atoms with Crippen LogP contribution in [0.2, 0.25) is 5.02 Å². The van der Waals surface area contributed by atoms with Gasteiger partial charge in [0.05, 0.1) is 12.8 Å². The van der Waals surface area contributed by atoms with Crippen LogP contribution in [-0.4, -0.2) is 50.8 Å². The Morgan fingerprint density at radius 2 is 1.88 bits per heavy atom. The second kappa shape index (κ2) is 12.4. The van der Waals surface area contributed by atoms with Gasteiger partial charge in [0.25, 0.3) is 5.91 Å². The van der Waals surface area contributed by atoms with E-state index in [0.29, 0.717) is 22.0 Å². The van der Waals surface area contributed by atoms with Gasteiger partial charge in [0.2, 0.25) is 0 Å². The molecule has 0 aliphatic carbocycles. The van der Waals surface area contributed by atoms with Gasteiger partial charge >= 0.3 is 11.8 Å². The van der Waals surface area contributed by atoms with Crippen molar-refractivity contribution in [2.75, 3.05) is 32.2 Å². The first-order chi connectivity index (χ1) is 15.3. The Morgan fingerprint density at radius 3 is 2.62 bits per heavy atom. The molecule has 2 rings (SSSR count). The van der Waals surface area contributed by atoms with Crippen LogP contribution in [0.4, 0.5) is 5.69 Å². The lowest BCUT2D eigenvalue weighted by Gasteiger charge is -2.12. The van der Waals surface area contributed by atoms with Crippen LogP contribution in [0.5, 0.6) is 5.75 Å². The molecule has 10 heteroatoms. The number of aryl methyl sites for hydroxylation is 2. The number of hydrazone groups is 1. The van der Waals surface area contributed by atoms with Crippen molar-refractivity contribution < 1.29 is 23.9 Å². The molecule has 3 amide bonds. The predicted octanol–water partition coefficient (Wildman–Crippen LogP) is 2.19. The van der Waals surface area contributed by atoms with Gasteiger partial charge < -0.3 is 20.1 Å².